The summed E-state index contributed by atoms with van der Waals surface area (Å²) in [5.41, 5.74) is -0.252. The molecule has 112 valence electrons. The summed E-state index contributed by atoms with van der Waals surface area (Å²) in [5, 5.41) is -3.31. The Bertz CT molecular complexity index is 607. The smallest absolute Gasteiger partial charge is 0.268 e. The molecule has 1 aromatic carbocycles. The van der Waals surface area contributed by atoms with Crippen LogP contribution in [0.1, 0.15) is 10.4 Å². The molecule has 1 aromatic rings. The zero-order chi connectivity index (χ0) is 15.7. The average Bonchev–Trinajstić information content (AvgIpc) is 2.46. The fourth-order valence-electron chi connectivity index (χ4n) is 1.65. The highest BCUT2D eigenvalue weighted by molar-refractivity contribution is 6.05. The van der Waals surface area contributed by atoms with Crippen LogP contribution in [-0.2, 0) is 0 Å². The van der Waals surface area contributed by atoms with Gasteiger partial charge in [-0.15, -0.1) is 5.12 Å². The van der Waals surface area contributed by atoms with E-state index in [1.54, 1.807) is 0 Å². The molecule has 2 rings (SSSR count). The van der Waals surface area contributed by atoms with Gasteiger partial charge < -0.3 is 0 Å². The quantitative estimate of drug-likeness (QED) is 0.479. The average molecular weight is 307 g/mol. The van der Waals surface area contributed by atoms with Crippen LogP contribution in [0, 0.1) is 0 Å². The minimum Gasteiger partial charge on any atom is -0.268 e. The zero-order valence-electron chi connectivity index (χ0n) is 10.0. The van der Waals surface area contributed by atoms with Crippen molar-refractivity contribution < 1.29 is 31.8 Å². The normalized spacial score (nSPS) is 19.5. The maximum absolute atomic E-state index is 13.6. The molecule has 0 aliphatic carbocycles. The van der Waals surface area contributed by atoms with Gasteiger partial charge in [0.2, 0.25) is 12.1 Å². The van der Waals surface area contributed by atoms with Crippen LogP contribution in [0.3, 0.4) is 0 Å². The number of carbonyl (C=O) groups is 2. The van der Waals surface area contributed by atoms with Crippen molar-refractivity contribution in [3.05, 3.63) is 47.7 Å². The lowest BCUT2D eigenvalue weighted by atomic mass is 10.2. The standard InChI is InChI=1S/C11H6F5N3O2/c12-7-8(13)17(10(20)6-4-2-1-3-5-6)11(21)18(14)9(7)19(15)16/h1-5,9H. The molecule has 0 aromatic heterocycles. The second kappa shape index (κ2) is 5.48. The molecule has 1 aliphatic heterocycles. The third-order valence-electron chi connectivity index (χ3n) is 2.62. The molecule has 1 heterocycles. The van der Waals surface area contributed by atoms with Gasteiger partial charge in [-0.25, -0.2) is 9.18 Å². The summed E-state index contributed by atoms with van der Waals surface area (Å²) < 4.78 is 65.0. The number of nitrogens with zero attached hydrogens (tertiary/aromatic N) is 3. The molecule has 1 aliphatic rings. The maximum atomic E-state index is 13.6. The van der Waals surface area contributed by atoms with Crippen molar-refractivity contribution in [1.82, 2.24) is 15.4 Å². The highest BCUT2D eigenvalue weighted by atomic mass is 19.4. The summed E-state index contributed by atoms with van der Waals surface area (Å²) in [7, 11) is 0. The molecule has 3 amide bonds. The molecular weight excluding hydrogens is 301 g/mol. The van der Waals surface area contributed by atoms with Gasteiger partial charge in [-0.3, -0.25) is 4.79 Å². The Kier molecular flexibility index (Phi) is 3.89. The lowest BCUT2D eigenvalue weighted by Gasteiger charge is -2.31. The van der Waals surface area contributed by atoms with Crippen molar-refractivity contribution in [1.29, 1.82) is 0 Å². The van der Waals surface area contributed by atoms with Crippen LogP contribution >= 0.6 is 0 Å². The van der Waals surface area contributed by atoms with Crippen molar-refractivity contribution in [3.8, 4) is 0 Å². The number of urea groups is 1. The van der Waals surface area contributed by atoms with Crippen LogP contribution in [0.25, 0.3) is 0 Å². The van der Waals surface area contributed by atoms with E-state index in [0.29, 0.717) is 0 Å². The van der Waals surface area contributed by atoms with Gasteiger partial charge in [-0.1, -0.05) is 31.6 Å². The second-order valence-electron chi connectivity index (χ2n) is 3.87. The van der Waals surface area contributed by atoms with E-state index in [4.69, 9.17) is 0 Å². The van der Waals surface area contributed by atoms with E-state index in [-0.39, 0.29) is 5.56 Å². The van der Waals surface area contributed by atoms with Crippen molar-refractivity contribution >= 4 is 11.9 Å². The Morgan fingerprint density at radius 2 is 1.71 bits per heavy atom. The van der Waals surface area contributed by atoms with E-state index in [1.165, 1.54) is 18.2 Å². The van der Waals surface area contributed by atoms with E-state index >= 15 is 0 Å². The molecule has 0 fully saturated rings. The van der Waals surface area contributed by atoms with E-state index < -0.39 is 45.2 Å². The molecule has 0 spiro atoms. The van der Waals surface area contributed by atoms with E-state index in [0.717, 1.165) is 12.1 Å². The summed E-state index contributed by atoms with van der Waals surface area (Å²) in [6.45, 7) is 0. The lowest BCUT2D eigenvalue weighted by Crippen LogP contribution is -2.53. The van der Waals surface area contributed by atoms with Gasteiger partial charge in [0.1, 0.15) is 0 Å². The Hall–Kier alpha value is -2.49. The highest BCUT2D eigenvalue weighted by Crippen LogP contribution is 2.32. The zero-order valence-corrected chi connectivity index (χ0v) is 10.0. The van der Waals surface area contributed by atoms with Gasteiger partial charge in [-0.05, 0) is 12.1 Å². The molecular formula is C11H6F5N3O2. The van der Waals surface area contributed by atoms with Crippen molar-refractivity contribution in [2.24, 2.45) is 0 Å². The van der Waals surface area contributed by atoms with Gasteiger partial charge in [0.25, 0.3) is 5.91 Å². The topological polar surface area (TPSA) is 43.9 Å². The molecule has 1 unspecified atom stereocenters. The first-order valence-electron chi connectivity index (χ1n) is 5.40. The fourth-order valence-corrected chi connectivity index (χ4v) is 1.65. The number of carbonyl (C=O) groups excluding carboxylic acids is 2. The Morgan fingerprint density at radius 1 is 1.14 bits per heavy atom. The number of rotatable bonds is 2. The van der Waals surface area contributed by atoms with Gasteiger partial charge in [0.15, 0.2) is 5.83 Å². The van der Waals surface area contributed by atoms with Gasteiger partial charge in [-0.2, -0.15) is 9.29 Å². The Balaban J connectivity index is 2.45. The molecule has 10 heteroatoms. The number of imide groups is 1. The van der Waals surface area contributed by atoms with E-state index in [2.05, 4.69) is 0 Å². The van der Waals surface area contributed by atoms with Crippen LogP contribution in [0.4, 0.5) is 27.0 Å². The van der Waals surface area contributed by atoms with Crippen molar-refractivity contribution in [2.75, 3.05) is 0 Å². The van der Waals surface area contributed by atoms with Crippen LogP contribution in [0.5, 0.6) is 0 Å². The highest BCUT2D eigenvalue weighted by Gasteiger charge is 2.48. The summed E-state index contributed by atoms with van der Waals surface area (Å²) in [6.07, 6.45) is -3.17. The minimum atomic E-state index is -3.17. The van der Waals surface area contributed by atoms with Crippen molar-refractivity contribution in [2.45, 2.75) is 6.17 Å². The number of hydrogen-bond donors (Lipinski definition) is 0. The second-order valence-corrected chi connectivity index (χ2v) is 3.87. The maximum Gasteiger partial charge on any atom is 0.363 e. The predicted octanol–water partition coefficient (Wildman–Crippen LogP) is 2.95. The number of amides is 3. The van der Waals surface area contributed by atoms with Crippen LogP contribution in [-0.4, -0.2) is 33.5 Å². The van der Waals surface area contributed by atoms with Gasteiger partial charge in [0.05, 0.1) is 5.34 Å². The summed E-state index contributed by atoms with van der Waals surface area (Å²) in [4.78, 5) is 22.8. The summed E-state index contributed by atoms with van der Waals surface area (Å²) >= 11 is 0. The summed E-state index contributed by atoms with van der Waals surface area (Å²) in [5.74, 6) is -5.88. The monoisotopic (exact) mass is 307 g/mol. The molecule has 0 saturated carbocycles. The molecule has 5 nitrogen and oxygen atoms in total. The fraction of sp³-hybridized carbons (Fsp3) is 0.0909. The van der Waals surface area contributed by atoms with E-state index in [9.17, 15) is 31.8 Å². The number of hydrogen-bond acceptors (Lipinski definition) is 3. The third-order valence-corrected chi connectivity index (χ3v) is 2.62. The Morgan fingerprint density at radius 3 is 2.24 bits per heavy atom. The van der Waals surface area contributed by atoms with Crippen LogP contribution in [0.15, 0.2) is 42.1 Å². The first-order chi connectivity index (χ1) is 9.86. The van der Waals surface area contributed by atoms with Gasteiger partial charge >= 0.3 is 6.03 Å². The van der Waals surface area contributed by atoms with Crippen molar-refractivity contribution in [3.63, 3.8) is 0 Å². The van der Waals surface area contributed by atoms with Crippen LogP contribution in [0.2, 0.25) is 0 Å². The summed E-state index contributed by atoms with van der Waals surface area (Å²) in [6, 6.07) is 4.48. The SMILES string of the molecule is O=C(c1ccccc1)N1C(=O)N(F)C(N(F)F)C(F)=C1F. The molecule has 1 atom stereocenters. The third kappa shape index (κ3) is 2.44. The Labute approximate surface area is 114 Å². The number of benzene rings is 1. The molecule has 0 radical (unpaired) electrons. The first-order valence-corrected chi connectivity index (χ1v) is 5.40. The largest absolute Gasteiger partial charge is 0.363 e. The predicted molar refractivity (Wildman–Crippen MR) is 58.0 cm³/mol. The first kappa shape index (κ1) is 14.9. The van der Waals surface area contributed by atoms with Gasteiger partial charge in [0, 0.05) is 5.56 Å². The molecule has 0 saturated heterocycles. The minimum absolute atomic E-state index is 0.252. The molecule has 0 N–H and O–H groups in total. The lowest BCUT2D eigenvalue weighted by molar-refractivity contribution is -0.242. The van der Waals surface area contributed by atoms with E-state index in [1.807, 2.05) is 0 Å². The van der Waals surface area contributed by atoms with Crippen LogP contribution < -0.4 is 0 Å². The number of halogens is 5. The molecule has 21 heavy (non-hydrogen) atoms. The molecule has 0 bridgehead atoms.